The van der Waals surface area contributed by atoms with Gasteiger partial charge in [0.25, 0.3) is 11.6 Å². The van der Waals surface area contributed by atoms with Crippen LogP contribution in [0.1, 0.15) is 18.1 Å². The van der Waals surface area contributed by atoms with Gasteiger partial charge in [0, 0.05) is 31.8 Å². The van der Waals surface area contributed by atoms with Crippen molar-refractivity contribution in [2.75, 3.05) is 7.05 Å². The minimum atomic E-state index is -0.944. The number of esters is 1. The van der Waals surface area contributed by atoms with Crippen LogP contribution in [0.5, 0.6) is 0 Å². The summed E-state index contributed by atoms with van der Waals surface area (Å²) in [5.74, 6) is -1.02. The van der Waals surface area contributed by atoms with Crippen LogP contribution in [0.15, 0.2) is 60.7 Å². The van der Waals surface area contributed by atoms with Crippen molar-refractivity contribution in [3.05, 3.63) is 81.9 Å². The lowest BCUT2D eigenvalue weighted by molar-refractivity contribution is -0.384. The van der Waals surface area contributed by atoms with E-state index in [0.29, 0.717) is 12.1 Å². The Balaban J connectivity index is 1.91. The molecule has 0 bridgehead atoms. The van der Waals surface area contributed by atoms with Crippen LogP contribution in [0.3, 0.4) is 0 Å². The fraction of sp³-hybridized carbons (Fsp3) is 0.200. The Kier molecular flexibility index (Phi) is 6.82. The van der Waals surface area contributed by atoms with Gasteiger partial charge in [0.2, 0.25) is 0 Å². The van der Waals surface area contributed by atoms with Crippen molar-refractivity contribution in [3.8, 4) is 0 Å². The quantitative estimate of drug-likeness (QED) is 0.324. The molecule has 1 amide bonds. The van der Waals surface area contributed by atoms with E-state index < -0.39 is 17.0 Å². The van der Waals surface area contributed by atoms with Gasteiger partial charge < -0.3 is 9.64 Å². The first-order valence-electron chi connectivity index (χ1n) is 8.29. The number of rotatable bonds is 7. The van der Waals surface area contributed by atoms with Gasteiger partial charge in [-0.05, 0) is 24.1 Å². The normalized spacial score (nSPS) is 11.8. The highest BCUT2D eigenvalue weighted by atomic mass is 16.6. The average molecular weight is 368 g/mol. The molecule has 0 aliphatic rings. The topological polar surface area (TPSA) is 89.7 Å². The first-order valence-corrected chi connectivity index (χ1v) is 8.29. The van der Waals surface area contributed by atoms with Gasteiger partial charge in [0.15, 0.2) is 6.10 Å². The van der Waals surface area contributed by atoms with E-state index in [4.69, 9.17) is 4.74 Å². The van der Waals surface area contributed by atoms with E-state index in [9.17, 15) is 19.7 Å². The summed E-state index contributed by atoms with van der Waals surface area (Å²) in [5, 5.41) is 10.8. The van der Waals surface area contributed by atoms with Crippen LogP contribution in [-0.2, 0) is 20.9 Å². The molecule has 0 aliphatic heterocycles. The molecule has 2 aromatic rings. The Morgan fingerprint density at radius 1 is 1.19 bits per heavy atom. The highest BCUT2D eigenvalue weighted by molar-refractivity contribution is 5.90. The molecule has 0 aromatic heterocycles. The molecule has 27 heavy (non-hydrogen) atoms. The average Bonchev–Trinajstić information content (AvgIpc) is 2.66. The predicted octanol–water partition coefficient (Wildman–Crippen LogP) is 3.20. The van der Waals surface area contributed by atoms with Crippen LogP contribution in [0, 0.1) is 10.1 Å². The third kappa shape index (κ3) is 6.07. The summed E-state index contributed by atoms with van der Waals surface area (Å²) in [7, 11) is 1.64. The monoisotopic (exact) mass is 368 g/mol. The highest BCUT2D eigenvalue weighted by Gasteiger charge is 2.20. The molecule has 140 valence electrons. The minimum Gasteiger partial charge on any atom is -0.449 e. The number of nitrogens with zero attached hydrogens (tertiary/aromatic N) is 2. The summed E-state index contributed by atoms with van der Waals surface area (Å²) in [4.78, 5) is 36.0. The molecule has 0 heterocycles. The summed E-state index contributed by atoms with van der Waals surface area (Å²) in [6, 6.07) is 15.3. The smallest absolute Gasteiger partial charge is 0.331 e. The molecule has 7 heteroatoms. The molecule has 0 saturated carbocycles. The minimum absolute atomic E-state index is 0.0726. The van der Waals surface area contributed by atoms with Crippen LogP contribution in [0.4, 0.5) is 5.69 Å². The van der Waals surface area contributed by atoms with Crippen molar-refractivity contribution in [3.63, 3.8) is 0 Å². The molecule has 2 rings (SSSR count). The molecule has 0 spiro atoms. The van der Waals surface area contributed by atoms with E-state index in [0.717, 1.165) is 11.6 Å². The fourth-order valence-electron chi connectivity index (χ4n) is 2.42. The maximum absolute atomic E-state index is 12.3. The molecule has 0 unspecified atom stereocenters. The number of carbonyl (C=O) groups is 2. The van der Waals surface area contributed by atoms with E-state index in [1.165, 1.54) is 36.1 Å². The zero-order valence-corrected chi connectivity index (χ0v) is 15.1. The highest BCUT2D eigenvalue weighted by Crippen LogP contribution is 2.14. The third-order valence-electron chi connectivity index (χ3n) is 3.77. The van der Waals surface area contributed by atoms with Crippen molar-refractivity contribution in [1.82, 2.24) is 4.90 Å². The fourth-order valence-corrected chi connectivity index (χ4v) is 2.42. The lowest BCUT2D eigenvalue weighted by Crippen LogP contribution is -2.36. The Morgan fingerprint density at radius 3 is 2.56 bits per heavy atom. The molecule has 0 aliphatic carbocycles. The zero-order valence-electron chi connectivity index (χ0n) is 15.1. The summed E-state index contributed by atoms with van der Waals surface area (Å²) in [6.07, 6.45) is 1.60. The Bertz CT molecular complexity index is 848. The van der Waals surface area contributed by atoms with Gasteiger partial charge in [0.1, 0.15) is 0 Å². The van der Waals surface area contributed by atoms with Gasteiger partial charge in [-0.1, -0.05) is 42.5 Å². The first kappa shape index (κ1) is 19.8. The lowest BCUT2D eigenvalue weighted by atomic mass is 10.2. The van der Waals surface area contributed by atoms with Crippen molar-refractivity contribution >= 4 is 23.6 Å². The lowest BCUT2D eigenvalue weighted by Gasteiger charge is -2.21. The Morgan fingerprint density at radius 2 is 1.89 bits per heavy atom. The Hall–Kier alpha value is -3.48. The van der Waals surface area contributed by atoms with Crippen LogP contribution >= 0.6 is 0 Å². The number of hydrogen-bond acceptors (Lipinski definition) is 5. The number of carbonyl (C=O) groups excluding carboxylic acids is 2. The van der Waals surface area contributed by atoms with Gasteiger partial charge in [0.05, 0.1) is 4.92 Å². The number of benzene rings is 2. The second-order valence-electron chi connectivity index (χ2n) is 5.94. The van der Waals surface area contributed by atoms with E-state index in [2.05, 4.69) is 0 Å². The number of nitro groups is 1. The van der Waals surface area contributed by atoms with Gasteiger partial charge in [-0.25, -0.2) is 4.79 Å². The second-order valence-corrected chi connectivity index (χ2v) is 5.94. The van der Waals surface area contributed by atoms with Crippen LogP contribution < -0.4 is 0 Å². The van der Waals surface area contributed by atoms with Gasteiger partial charge in [-0.3, -0.25) is 14.9 Å². The molecule has 0 radical (unpaired) electrons. The summed E-state index contributed by atoms with van der Waals surface area (Å²) in [6.45, 7) is 1.91. The van der Waals surface area contributed by atoms with Gasteiger partial charge in [-0.2, -0.15) is 0 Å². The van der Waals surface area contributed by atoms with E-state index in [1.807, 2.05) is 30.3 Å². The number of nitro benzene ring substituents is 1. The largest absolute Gasteiger partial charge is 0.449 e. The van der Waals surface area contributed by atoms with E-state index in [-0.39, 0.29) is 11.6 Å². The summed E-state index contributed by atoms with van der Waals surface area (Å²) < 4.78 is 5.12. The van der Waals surface area contributed by atoms with Crippen LogP contribution in [0.25, 0.3) is 6.08 Å². The molecule has 2 aromatic carbocycles. The number of hydrogen-bond donors (Lipinski definition) is 0. The molecule has 0 saturated heterocycles. The molecule has 7 nitrogen and oxygen atoms in total. The first-order chi connectivity index (χ1) is 12.9. The standard InChI is InChI=1S/C20H20N2O5/c1-15(20(24)21(2)14-17-7-4-3-5-8-17)27-19(23)12-11-16-9-6-10-18(13-16)22(25)26/h3-13,15H,14H2,1-2H3/b12-11+/t15-/m0/s1. The molecule has 0 fully saturated rings. The van der Waals surface area contributed by atoms with Crippen LogP contribution in [0.2, 0.25) is 0 Å². The van der Waals surface area contributed by atoms with Crippen molar-refractivity contribution < 1.29 is 19.2 Å². The predicted molar refractivity (Wildman–Crippen MR) is 101 cm³/mol. The summed E-state index contributed by atoms with van der Waals surface area (Å²) in [5.41, 5.74) is 1.38. The van der Waals surface area contributed by atoms with Crippen molar-refractivity contribution in [1.29, 1.82) is 0 Å². The van der Waals surface area contributed by atoms with Crippen LogP contribution in [-0.4, -0.2) is 34.9 Å². The zero-order chi connectivity index (χ0) is 19.8. The van der Waals surface area contributed by atoms with E-state index >= 15 is 0 Å². The summed E-state index contributed by atoms with van der Waals surface area (Å²) >= 11 is 0. The SMILES string of the molecule is C[C@H](OC(=O)/C=C/c1cccc([N+](=O)[O-])c1)C(=O)N(C)Cc1ccccc1. The maximum Gasteiger partial charge on any atom is 0.331 e. The number of amides is 1. The van der Waals surface area contributed by atoms with Gasteiger partial charge in [-0.15, -0.1) is 0 Å². The maximum atomic E-state index is 12.3. The van der Waals surface area contributed by atoms with Gasteiger partial charge >= 0.3 is 5.97 Å². The second kappa shape index (κ2) is 9.28. The molecular formula is C20H20N2O5. The van der Waals surface area contributed by atoms with E-state index in [1.54, 1.807) is 13.1 Å². The van der Waals surface area contributed by atoms with Crippen molar-refractivity contribution in [2.45, 2.75) is 19.6 Å². The Labute approximate surface area is 157 Å². The number of likely N-dealkylation sites (N-methyl/N-ethyl adjacent to an activating group) is 1. The van der Waals surface area contributed by atoms with Crippen molar-refractivity contribution in [2.24, 2.45) is 0 Å². The molecule has 1 atom stereocenters. The third-order valence-corrected chi connectivity index (χ3v) is 3.77. The molecular weight excluding hydrogens is 348 g/mol. The molecule has 0 N–H and O–H groups in total. The number of non-ortho nitro benzene ring substituents is 1. The number of ether oxygens (including phenoxy) is 1.